The first-order valence-corrected chi connectivity index (χ1v) is 11.7. The molecule has 0 fully saturated rings. The fourth-order valence-corrected chi connectivity index (χ4v) is 4.08. The van der Waals surface area contributed by atoms with Crippen molar-refractivity contribution in [2.24, 2.45) is 0 Å². The Labute approximate surface area is 228 Å². The van der Waals surface area contributed by atoms with Crippen molar-refractivity contribution in [1.82, 2.24) is 9.97 Å². The summed E-state index contributed by atoms with van der Waals surface area (Å²) in [6.07, 6.45) is -13.0. The summed E-state index contributed by atoms with van der Waals surface area (Å²) in [5, 5.41) is 0. The van der Waals surface area contributed by atoms with Crippen LogP contribution in [0.5, 0.6) is 0 Å². The topological polar surface area (TPSA) is 46.1 Å². The van der Waals surface area contributed by atoms with Crippen LogP contribution in [0.3, 0.4) is 0 Å². The number of halogens is 11. The Kier molecular flexibility index (Phi) is 8.96. The first kappa shape index (κ1) is 31.0. The monoisotopic (exact) mass is 643 g/mol. The predicted octanol–water partition coefficient (Wildman–Crippen LogP) is 8.25. The fraction of sp³-hybridized carbons (Fsp3) is 0.240. The van der Waals surface area contributed by atoms with Crippen molar-refractivity contribution in [3.8, 4) is 0 Å². The van der Waals surface area contributed by atoms with Crippen LogP contribution in [-0.2, 0) is 12.4 Å². The standard InChI is InChI=1S/C25H16BrF10N3O/c1-39(22-37-7-2-8-38-22)12-21(40)15-5-3-14(10-17(15)24(31,32)33)20(27)11-16(23(28,29)30)13-4-6-19(26)18(9-13)25(34,35)36/h2-11,16H,12H2,1H3/b20-11-. The van der Waals surface area contributed by atoms with Crippen LogP contribution in [0.15, 0.2) is 65.4 Å². The van der Waals surface area contributed by atoms with Crippen LogP contribution in [0.2, 0.25) is 0 Å². The number of anilines is 1. The lowest BCUT2D eigenvalue weighted by Gasteiger charge is -2.20. The van der Waals surface area contributed by atoms with E-state index in [-0.39, 0.29) is 24.2 Å². The minimum atomic E-state index is -5.30. The number of allylic oxidation sites excluding steroid dienone is 1. The fourth-order valence-electron chi connectivity index (χ4n) is 3.61. The van der Waals surface area contributed by atoms with E-state index in [2.05, 4.69) is 25.9 Å². The molecule has 0 amide bonds. The minimum absolute atomic E-state index is 0.0230. The molecular formula is C25H16BrF10N3O. The lowest BCUT2D eigenvalue weighted by molar-refractivity contribution is -0.142. The van der Waals surface area contributed by atoms with Gasteiger partial charge in [-0.15, -0.1) is 0 Å². The molecule has 214 valence electrons. The summed E-state index contributed by atoms with van der Waals surface area (Å²) in [5.74, 6) is -5.77. The molecule has 3 aromatic rings. The summed E-state index contributed by atoms with van der Waals surface area (Å²) < 4.78 is 137. The molecule has 0 saturated carbocycles. The summed E-state index contributed by atoms with van der Waals surface area (Å²) in [6, 6.07) is 4.45. The Morgan fingerprint density at radius 2 is 1.52 bits per heavy atom. The third-order valence-corrected chi connectivity index (χ3v) is 6.19. The van der Waals surface area contributed by atoms with Gasteiger partial charge < -0.3 is 4.90 Å². The van der Waals surface area contributed by atoms with Crippen molar-refractivity contribution in [3.05, 3.63) is 93.2 Å². The minimum Gasteiger partial charge on any atom is -0.336 e. The van der Waals surface area contributed by atoms with Gasteiger partial charge in [0.25, 0.3) is 0 Å². The van der Waals surface area contributed by atoms with Crippen LogP contribution >= 0.6 is 15.9 Å². The van der Waals surface area contributed by atoms with Gasteiger partial charge in [-0.25, -0.2) is 14.4 Å². The molecule has 0 saturated heterocycles. The molecule has 1 atom stereocenters. The summed E-state index contributed by atoms with van der Waals surface area (Å²) in [5.41, 5.74) is -5.92. The molecule has 15 heteroatoms. The lowest BCUT2D eigenvalue weighted by Crippen LogP contribution is -2.28. The second-order valence-corrected chi connectivity index (χ2v) is 9.21. The molecule has 0 spiro atoms. The Morgan fingerprint density at radius 3 is 2.08 bits per heavy atom. The summed E-state index contributed by atoms with van der Waals surface area (Å²) in [7, 11) is 1.33. The molecule has 0 aliphatic heterocycles. The molecule has 0 aliphatic rings. The maximum Gasteiger partial charge on any atom is 0.417 e. The van der Waals surface area contributed by atoms with Crippen molar-refractivity contribution in [2.45, 2.75) is 24.4 Å². The van der Waals surface area contributed by atoms with Crippen molar-refractivity contribution >= 4 is 33.5 Å². The smallest absolute Gasteiger partial charge is 0.336 e. The van der Waals surface area contributed by atoms with E-state index in [4.69, 9.17) is 0 Å². The van der Waals surface area contributed by atoms with Crippen LogP contribution in [-0.4, -0.2) is 35.5 Å². The SMILES string of the molecule is CN(CC(=O)c1ccc(/C(F)=C/C(c2ccc(Br)c(C(F)(F)F)c2)C(F)(F)F)cc1C(F)(F)F)c1ncccn1. The number of rotatable bonds is 7. The van der Waals surface area contributed by atoms with E-state index in [1.165, 1.54) is 25.5 Å². The largest absolute Gasteiger partial charge is 0.417 e. The van der Waals surface area contributed by atoms with Gasteiger partial charge in [0.2, 0.25) is 5.95 Å². The van der Waals surface area contributed by atoms with Gasteiger partial charge in [-0.1, -0.05) is 34.1 Å². The zero-order valence-corrected chi connectivity index (χ0v) is 21.6. The molecule has 0 radical (unpaired) electrons. The number of benzene rings is 2. The quantitative estimate of drug-likeness (QED) is 0.192. The Hall–Kier alpha value is -3.49. The molecule has 1 unspecified atom stereocenters. The molecule has 3 rings (SSSR count). The molecule has 0 N–H and O–H groups in total. The number of aromatic nitrogens is 2. The molecule has 40 heavy (non-hydrogen) atoms. The van der Waals surface area contributed by atoms with Gasteiger partial charge in [0, 0.05) is 35.0 Å². The Morgan fingerprint density at radius 1 is 0.925 bits per heavy atom. The van der Waals surface area contributed by atoms with E-state index in [9.17, 15) is 44.3 Å². The van der Waals surface area contributed by atoms with E-state index in [0.29, 0.717) is 24.3 Å². The zero-order chi connectivity index (χ0) is 30.0. The molecule has 0 bridgehead atoms. The average molecular weight is 644 g/mol. The van der Waals surface area contributed by atoms with Crippen molar-refractivity contribution in [1.29, 1.82) is 0 Å². The number of Topliss-reactive ketones (excluding diaryl/α,β-unsaturated/α-hetero) is 1. The molecule has 4 nitrogen and oxygen atoms in total. The van der Waals surface area contributed by atoms with Gasteiger partial charge in [-0.3, -0.25) is 4.79 Å². The molecule has 1 aromatic heterocycles. The lowest BCUT2D eigenvalue weighted by atomic mass is 9.94. The number of hydrogen-bond acceptors (Lipinski definition) is 4. The van der Waals surface area contributed by atoms with Gasteiger partial charge in [-0.2, -0.15) is 39.5 Å². The van der Waals surface area contributed by atoms with E-state index in [1.54, 1.807) is 0 Å². The van der Waals surface area contributed by atoms with E-state index >= 15 is 4.39 Å². The maximum atomic E-state index is 15.0. The van der Waals surface area contributed by atoms with E-state index in [0.717, 1.165) is 4.90 Å². The van der Waals surface area contributed by atoms with E-state index < -0.39 is 74.9 Å². The van der Waals surface area contributed by atoms with Crippen LogP contribution in [0.4, 0.5) is 49.9 Å². The number of ketones is 1. The molecule has 0 aliphatic carbocycles. The third kappa shape index (κ3) is 7.37. The number of likely N-dealkylation sites (N-methyl/N-ethyl adjacent to an activating group) is 1. The van der Waals surface area contributed by atoms with Crippen molar-refractivity contribution in [2.75, 3.05) is 18.5 Å². The number of nitrogens with zero attached hydrogens (tertiary/aromatic N) is 3. The van der Waals surface area contributed by atoms with Gasteiger partial charge >= 0.3 is 18.5 Å². The van der Waals surface area contributed by atoms with Gasteiger partial charge in [0.1, 0.15) is 11.7 Å². The molecular weight excluding hydrogens is 628 g/mol. The Bertz CT molecular complexity index is 1400. The van der Waals surface area contributed by atoms with Gasteiger partial charge in [0.15, 0.2) is 5.78 Å². The van der Waals surface area contributed by atoms with Crippen molar-refractivity contribution < 1.29 is 48.7 Å². The zero-order valence-electron chi connectivity index (χ0n) is 20.0. The van der Waals surface area contributed by atoms with Crippen LogP contribution < -0.4 is 4.90 Å². The normalized spacial score (nSPS) is 13.8. The highest BCUT2D eigenvalue weighted by Crippen LogP contribution is 2.43. The van der Waals surface area contributed by atoms with Crippen LogP contribution in [0, 0.1) is 0 Å². The second-order valence-electron chi connectivity index (χ2n) is 8.36. The highest BCUT2D eigenvalue weighted by Gasteiger charge is 2.42. The number of hydrogen-bond donors (Lipinski definition) is 0. The average Bonchev–Trinajstić information content (AvgIpc) is 2.85. The van der Waals surface area contributed by atoms with Crippen molar-refractivity contribution in [3.63, 3.8) is 0 Å². The molecule has 1 heterocycles. The first-order valence-electron chi connectivity index (χ1n) is 10.9. The number of carbonyl (C=O) groups excluding carboxylic acids is 1. The first-order chi connectivity index (χ1) is 18.4. The summed E-state index contributed by atoms with van der Waals surface area (Å²) in [4.78, 5) is 21.5. The van der Waals surface area contributed by atoms with E-state index in [1.807, 2.05) is 0 Å². The highest BCUT2D eigenvalue weighted by atomic mass is 79.9. The second kappa shape index (κ2) is 11.6. The predicted molar refractivity (Wildman–Crippen MR) is 128 cm³/mol. The highest BCUT2D eigenvalue weighted by molar-refractivity contribution is 9.10. The number of alkyl halides is 9. The van der Waals surface area contributed by atoms with Crippen LogP contribution in [0.25, 0.3) is 5.83 Å². The number of carbonyl (C=O) groups is 1. The third-order valence-electron chi connectivity index (χ3n) is 5.50. The van der Waals surface area contributed by atoms with Crippen LogP contribution in [0.1, 0.15) is 38.5 Å². The molecule has 2 aromatic carbocycles. The summed E-state index contributed by atoms with van der Waals surface area (Å²) in [6.45, 7) is -0.619. The van der Waals surface area contributed by atoms with Gasteiger partial charge in [0.05, 0.1) is 17.7 Å². The van der Waals surface area contributed by atoms with Gasteiger partial charge in [-0.05, 0) is 35.9 Å². The maximum absolute atomic E-state index is 15.0. The Balaban J connectivity index is 2.02. The summed E-state index contributed by atoms with van der Waals surface area (Å²) >= 11 is 2.59.